The highest BCUT2D eigenvalue weighted by Crippen LogP contribution is 2.15. The number of pyridine rings is 1. The Kier molecular flexibility index (Phi) is 6.64. The van der Waals surface area contributed by atoms with Crippen molar-refractivity contribution in [1.29, 1.82) is 0 Å². The van der Waals surface area contributed by atoms with Crippen LogP contribution in [0, 0.1) is 0 Å². The Labute approximate surface area is 119 Å². The normalized spacial score (nSPS) is 12.2. The molecule has 1 aromatic heterocycles. The second-order valence-electron chi connectivity index (χ2n) is 4.82. The standard InChI is InChI=1S/C14H22ClN3O/c1-3-4-5-6-7-10(2)18-14(19)11-8-13(15)17-9-12(11)16/h8-10H,3-7,16H2,1-2H3,(H,18,19). The molecule has 1 amide bonds. The van der Waals surface area contributed by atoms with Crippen LogP contribution in [0.25, 0.3) is 0 Å². The van der Waals surface area contributed by atoms with Crippen LogP contribution in [0.2, 0.25) is 5.15 Å². The van der Waals surface area contributed by atoms with Crippen molar-refractivity contribution in [3.05, 3.63) is 23.0 Å². The molecule has 0 spiro atoms. The molecule has 0 radical (unpaired) electrons. The first-order valence-electron chi connectivity index (χ1n) is 6.76. The highest BCUT2D eigenvalue weighted by molar-refractivity contribution is 6.29. The van der Waals surface area contributed by atoms with Crippen molar-refractivity contribution in [2.45, 2.75) is 52.0 Å². The van der Waals surface area contributed by atoms with E-state index in [-0.39, 0.29) is 17.1 Å². The minimum Gasteiger partial charge on any atom is -0.397 e. The van der Waals surface area contributed by atoms with Gasteiger partial charge in [0.2, 0.25) is 0 Å². The van der Waals surface area contributed by atoms with Crippen molar-refractivity contribution in [2.24, 2.45) is 0 Å². The van der Waals surface area contributed by atoms with Gasteiger partial charge in [-0.15, -0.1) is 0 Å². The smallest absolute Gasteiger partial charge is 0.253 e. The van der Waals surface area contributed by atoms with Crippen LogP contribution < -0.4 is 11.1 Å². The van der Waals surface area contributed by atoms with Crippen molar-refractivity contribution in [3.8, 4) is 0 Å². The summed E-state index contributed by atoms with van der Waals surface area (Å²) in [4.78, 5) is 15.9. The number of aromatic nitrogens is 1. The van der Waals surface area contributed by atoms with Crippen LogP contribution >= 0.6 is 11.6 Å². The Morgan fingerprint density at radius 3 is 2.89 bits per heavy atom. The lowest BCUT2D eigenvalue weighted by molar-refractivity contribution is 0.0938. The zero-order chi connectivity index (χ0) is 14.3. The first-order valence-corrected chi connectivity index (χ1v) is 7.14. The molecule has 0 saturated heterocycles. The van der Waals surface area contributed by atoms with Gasteiger partial charge in [-0.2, -0.15) is 0 Å². The number of rotatable bonds is 7. The number of nitrogens with two attached hydrogens (primary N) is 1. The summed E-state index contributed by atoms with van der Waals surface area (Å²) in [5.74, 6) is -0.190. The topological polar surface area (TPSA) is 68.0 Å². The summed E-state index contributed by atoms with van der Waals surface area (Å²) in [7, 11) is 0. The van der Waals surface area contributed by atoms with Crippen molar-refractivity contribution in [1.82, 2.24) is 10.3 Å². The molecule has 0 aliphatic heterocycles. The van der Waals surface area contributed by atoms with Gasteiger partial charge < -0.3 is 11.1 Å². The van der Waals surface area contributed by atoms with Crippen molar-refractivity contribution in [3.63, 3.8) is 0 Å². The Morgan fingerprint density at radius 1 is 1.47 bits per heavy atom. The van der Waals surface area contributed by atoms with E-state index >= 15 is 0 Å². The fourth-order valence-electron chi connectivity index (χ4n) is 1.89. The van der Waals surface area contributed by atoms with Crippen molar-refractivity contribution < 1.29 is 4.79 Å². The van der Waals surface area contributed by atoms with Crippen LogP contribution in [0.1, 0.15) is 56.3 Å². The monoisotopic (exact) mass is 283 g/mol. The first kappa shape index (κ1) is 15.8. The number of amides is 1. The molecule has 1 atom stereocenters. The third kappa shape index (κ3) is 5.47. The molecule has 3 N–H and O–H groups in total. The number of nitrogen functional groups attached to an aromatic ring is 1. The average Bonchev–Trinajstić information content (AvgIpc) is 2.37. The second-order valence-corrected chi connectivity index (χ2v) is 5.21. The van der Waals surface area contributed by atoms with Gasteiger partial charge in [0.05, 0.1) is 17.4 Å². The summed E-state index contributed by atoms with van der Waals surface area (Å²) >= 11 is 5.77. The zero-order valence-electron chi connectivity index (χ0n) is 11.6. The van der Waals surface area contributed by atoms with E-state index in [2.05, 4.69) is 17.2 Å². The van der Waals surface area contributed by atoms with Crippen LogP contribution in [-0.4, -0.2) is 16.9 Å². The van der Waals surface area contributed by atoms with Gasteiger partial charge >= 0.3 is 0 Å². The number of nitrogens with one attached hydrogen (secondary N) is 1. The molecule has 1 aromatic rings. The van der Waals surface area contributed by atoms with E-state index in [1.807, 2.05) is 6.92 Å². The number of halogens is 1. The minimum atomic E-state index is -0.190. The number of carbonyl (C=O) groups excluding carboxylic acids is 1. The van der Waals surface area contributed by atoms with Crippen molar-refractivity contribution >= 4 is 23.2 Å². The summed E-state index contributed by atoms with van der Waals surface area (Å²) in [6.45, 7) is 4.18. The van der Waals surface area contributed by atoms with E-state index in [1.165, 1.54) is 31.5 Å². The number of unbranched alkanes of at least 4 members (excludes halogenated alkanes) is 3. The molecule has 1 unspecified atom stereocenters. The molecule has 4 nitrogen and oxygen atoms in total. The van der Waals surface area contributed by atoms with Gasteiger partial charge in [0.15, 0.2) is 0 Å². The average molecular weight is 284 g/mol. The van der Waals surface area contributed by atoms with Crippen LogP contribution in [0.3, 0.4) is 0 Å². The molecule has 106 valence electrons. The molecule has 1 rings (SSSR count). The Morgan fingerprint density at radius 2 is 2.21 bits per heavy atom. The molecule has 0 aliphatic rings. The van der Waals surface area contributed by atoms with E-state index in [9.17, 15) is 4.79 Å². The van der Waals surface area contributed by atoms with Gasteiger partial charge in [0.25, 0.3) is 5.91 Å². The van der Waals surface area contributed by atoms with E-state index in [0.29, 0.717) is 11.3 Å². The Hall–Kier alpha value is -1.29. The quantitative estimate of drug-likeness (QED) is 0.595. The number of carbonyl (C=O) groups is 1. The maximum absolute atomic E-state index is 12.0. The van der Waals surface area contributed by atoms with E-state index in [4.69, 9.17) is 17.3 Å². The Balaban J connectivity index is 2.47. The first-order chi connectivity index (χ1) is 9.04. The fraction of sp³-hybridized carbons (Fsp3) is 0.571. The third-order valence-electron chi connectivity index (χ3n) is 3.01. The third-order valence-corrected chi connectivity index (χ3v) is 3.22. The zero-order valence-corrected chi connectivity index (χ0v) is 12.3. The van der Waals surface area contributed by atoms with Gasteiger partial charge in [-0.25, -0.2) is 4.98 Å². The summed E-state index contributed by atoms with van der Waals surface area (Å²) < 4.78 is 0. The van der Waals surface area contributed by atoms with Crippen molar-refractivity contribution in [2.75, 3.05) is 5.73 Å². The molecule has 0 aliphatic carbocycles. The van der Waals surface area contributed by atoms with Gasteiger partial charge in [-0.1, -0.05) is 44.2 Å². The van der Waals surface area contributed by atoms with Crippen LogP contribution in [-0.2, 0) is 0 Å². The number of hydrogen-bond acceptors (Lipinski definition) is 3. The molecular formula is C14H22ClN3O. The summed E-state index contributed by atoms with van der Waals surface area (Å²) in [6.07, 6.45) is 7.18. The minimum absolute atomic E-state index is 0.135. The van der Waals surface area contributed by atoms with Crippen LogP contribution in [0.5, 0.6) is 0 Å². The molecule has 0 aromatic carbocycles. The number of nitrogens with zero attached hydrogens (tertiary/aromatic N) is 1. The lowest BCUT2D eigenvalue weighted by Crippen LogP contribution is -2.33. The van der Waals surface area contributed by atoms with Crippen LogP contribution in [0.4, 0.5) is 5.69 Å². The molecule has 0 fully saturated rings. The molecular weight excluding hydrogens is 262 g/mol. The second kappa shape index (κ2) is 8.00. The van der Waals surface area contributed by atoms with E-state index < -0.39 is 0 Å². The summed E-state index contributed by atoms with van der Waals surface area (Å²) in [5.41, 5.74) is 6.46. The lowest BCUT2D eigenvalue weighted by Gasteiger charge is -2.14. The number of anilines is 1. The molecule has 0 bridgehead atoms. The molecule has 1 heterocycles. The van der Waals surface area contributed by atoms with Gasteiger partial charge in [-0.05, 0) is 19.4 Å². The molecule has 19 heavy (non-hydrogen) atoms. The van der Waals surface area contributed by atoms with Gasteiger partial charge in [-0.3, -0.25) is 4.79 Å². The molecule has 5 heteroatoms. The van der Waals surface area contributed by atoms with E-state index in [0.717, 1.165) is 12.8 Å². The summed E-state index contributed by atoms with van der Waals surface area (Å²) in [5, 5.41) is 3.21. The maximum atomic E-state index is 12.0. The largest absolute Gasteiger partial charge is 0.397 e. The predicted octanol–water partition coefficient (Wildman–Crippen LogP) is 3.41. The number of hydrogen-bond donors (Lipinski definition) is 2. The lowest BCUT2D eigenvalue weighted by atomic mass is 10.1. The SMILES string of the molecule is CCCCCCC(C)NC(=O)c1cc(Cl)ncc1N. The highest BCUT2D eigenvalue weighted by Gasteiger charge is 2.13. The van der Waals surface area contributed by atoms with E-state index in [1.54, 1.807) is 0 Å². The van der Waals surface area contributed by atoms with Gasteiger partial charge in [0.1, 0.15) is 5.15 Å². The summed E-state index contributed by atoms with van der Waals surface area (Å²) in [6, 6.07) is 1.63. The maximum Gasteiger partial charge on any atom is 0.253 e. The fourth-order valence-corrected chi connectivity index (χ4v) is 2.05. The van der Waals surface area contributed by atoms with Crippen LogP contribution in [0.15, 0.2) is 12.3 Å². The molecule has 0 saturated carbocycles. The highest BCUT2D eigenvalue weighted by atomic mass is 35.5. The van der Waals surface area contributed by atoms with Gasteiger partial charge in [0, 0.05) is 6.04 Å². The Bertz CT molecular complexity index is 423. The predicted molar refractivity (Wildman–Crippen MR) is 79.3 cm³/mol.